The van der Waals surface area contributed by atoms with Crippen LogP contribution < -0.4 is 5.32 Å². The van der Waals surface area contributed by atoms with E-state index in [0.29, 0.717) is 11.0 Å². The van der Waals surface area contributed by atoms with Gasteiger partial charge in [0.15, 0.2) is 5.82 Å². The maximum absolute atomic E-state index is 12.4. The largest absolute Gasteiger partial charge is 0.325 e. The second kappa shape index (κ2) is 8.74. The molecule has 0 radical (unpaired) electrons. The number of amides is 1. The summed E-state index contributed by atoms with van der Waals surface area (Å²) >= 11 is 1.33. The average Bonchev–Trinajstić information content (AvgIpc) is 3.43. The Labute approximate surface area is 172 Å². The maximum Gasteiger partial charge on any atom is 0.234 e. The van der Waals surface area contributed by atoms with E-state index in [4.69, 9.17) is 0 Å². The fourth-order valence-electron chi connectivity index (χ4n) is 2.85. The molecule has 0 unspecified atom stereocenters. The number of pyridine rings is 1. The number of anilines is 1. The van der Waals surface area contributed by atoms with Crippen LogP contribution in [0.3, 0.4) is 0 Å². The molecule has 3 heterocycles. The number of hydrogen-bond acceptors (Lipinski definition) is 5. The number of aromatic nitrogens is 5. The molecular weight excluding hydrogens is 384 g/mol. The quantitative estimate of drug-likeness (QED) is 0.475. The van der Waals surface area contributed by atoms with Crippen LogP contribution in [0.2, 0.25) is 0 Å². The van der Waals surface area contributed by atoms with E-state index in [1.54, 1.807) is 12.4 Å². The molecule has 1 aromatic carbocycles. The van der Waals surface area contributed by atoms with E-state index in [9.17, 15) is 4.79 Å². The van der Waals surface area contributed by atoms with E-state index >= 15 is 0 Å². The van der Waals surface area contributed by atoms with Gasteiger partial charge in [-0.05, 0) is 48.4 Å². The number of carbonyl (C=O) groups is 1. The lowest BCUT2D eigenvalue weighted by atomic mass is 10.1. The molecule has 0 aliphatic rings. The van der Waals surface area contributed by atoms with Gasteiger partial charge in [0.1, 0.15) is 0 Å². The smallest absolute Gasteiger partial charge is 0.234 e. The zero-order valence-electron chi connectivity index (χ0n) is 15.9. The SMILES string of the molecule is CCc1ccc(NC(=O)CSc2nnc(-c3cccnc3)n2-n2cccc2)cc1. The number of rotatable bonds is 7. The Hall–Kier alpha value is -3.39. The van der Waals surface area contributed by atoms with Gasteiger partial charge in [0.2, 0.25) is 11.1 Å². The number of carbonyl (C=O) groups excluding carboxylic acids is 1. The number of thioether (sulfide) groups is 1. The highest BCUT2D eigenvalue weighted by atomic mass is 32.2. The lowest BCUT2D eigenvalue weighted by molar-refractivity contribution is -0.113. The Bertz CT molecular complexity index is 1070. The van der Waals surface area contributed by atoms with Gasteiger partial charge in [0, 0.05) is 36.0 Å². The summed E-state index contributed by atoms with van der Waals surface area (Å²) in [4.78, 5) is 16.6. The predicted molar refractivity (Wildman–Crippen MR) is 114 cm³/mol. The highest BCUT2D eigenvalue weighted by Crippen LogP contribution is 2.24. The van der Waals surface area contributed by atoms with E-state index in [1.807, 2.05) is 70.3 Å². The first kappa shape index (κ1) is 18.9. The van der Waals surface area contributed by atoms with Crippen LogP contribution in [0.1, 0.15) is 12.5 Å². The van der Waals surface area contributed by atoms with E-state index in [0.717, 1.165) is 17.7 Å². The second-order valence-corrected chi connectivity index (χ2v) is 7.25. The maximum atomic E-state index is 12.4. The summed E-state index contributed by atoms with van der Waals surface area (Å²) in [7, 11) is 0. The molecule has 7 nitrogen and oxygen atoms in total. The monoisotopic (exact) mass is 404 g/mol. The number of nitrogens with one attached hydrogen (secondary N) is 1. The fraction of sp³-hybridized carbons (Fsp3) is 0.143. The van der Waals surface area contributed by atoms with Crippen molar-refractivity contribution >= 4 is 23.4 Å². The summed E-state index contributed by atoms with van der Waals surface area (Å²) in [6.45, 7) is 2.10. The third-order valence-electron chi connectivity index (χ3n) is 4.33. The third kappa shape index (κ3) is 4.38. The van der Waals surface area contributed by atoms with Gasteiger partial charge in [0.25, 0.3) is 0 Å². The van der Waals surface area contributed by atoms with E-state index < -0.39 is 0 Å². The average molecular weight is 404 g/mol. The van der Waals surface area contributed by atoms with Crippen LogP contribution in [0.4, 0.5) is 5.69 Å². The van der Waals surface area contributed by atoms with Crippen LogP contribution in [-0.2, 0) is 11.2 Å². The zero-order chi connectivity index (χ0) is 20.1. The minimum Gasteiger partial charge on any atom is -0.325 e. The molecule has 29 heavy (non-hydrogen) atoms. The Morgan fingerprint density at radius 1 is 1.07 bits per heavy atom. The standard InChI is InChI=1S/C21H20N6OS/c1-2-16-7-9-18(10-8-16)23-19(28)15-29-21-25-24-20(17-6-5-11-22-14-17)27(21)26-12-3-4-13-26/h3-14H,2,15H2,1H3,(H,23,28). The Morgan fingerprint density at radius 3 is 2.55 bits per heavy atom. The van der Waals surface area contributed by atoms with Crippen molar-refractivity contribution < 1.29 is 4.79 Å². The van der Waals surface area contributed by atoms with Crippen molar-refractivity contribution in [1.82, 2.24) is 24.5 Å². The summed E-state index contributed by atoms with van der Waals surface area (Å²) in [5.74, 6) is 0.790. The van der Waals surface area contributed by atoms with E-state index in [1.165, 1.54) is 17.3 Å². The van der Waals surface area contributed by atoms with Crippen LogP contribution in [-0.4, -0.2) is 36.2 Å². The summed E-state index contributed by atoms with van der Waals surface area (Å²) in [5, 5.41) is 12.2. The molecule has 0 saturated carbocycles. The molecule has 1 amide bonds. The summed E-state index contributed by atoms with van der Waals surface area (Å²) in [6, 6.07) is 15.5. The number of hydrogen-bond donors (Lipinski definition) is 1. The molecule has 0 fully saturated rings. The normalized spacial score (nSPS) is 10.8. The van der Waals surface area contributed by atoms with Gasteiger partial charge < -0.3 is 5.32 Å². The van der Waals surface area contributed by atoms with Crippen LogP contribution in [0.15, 0.2) is 78.5 Å². The number of aryl methyl sites for hydroxylation is 1. The molecule has 0 aliphatic carbocycles. The molecule has 8 heteroatoms. The van der Waals surface area contributed by atoms with Gasteiger partial charge in [-0.1, -0.05) is 30.8 Å². The van der Waals surface area contributed by atoms with Crippen molar-refractivity contribution in [2.45, 2.75) is 18.5 Å². The van der Waals surface area contributed by atoms with E-state index in [-0.39, 0.29) is 11.7 Å². The van der Waals surface area contributed by atoms with Gasteiger partial charge >= 0.3 is 0 Å². The summed E-state index contributed by atoms with van der Waals surface area (Å²) in [6.07, 6.45) is 8.24. The third-order valence-corrected chi connectivity index (χ3v) is 5.25. The molecule has 0 spiro atoms. The van der Waals surface area contributed by atoms with Crippen molar-refractivity contribution in [3.8, 4) is 11.4 Å². The van der Waals surface area contributed by atoms with Gasteiger partial charge in [-0.15, -0.1) is 10.2 Å². The highest BCUT2D eigenvalue weighted by Gasteiger charge is 2.17. The Balaban J connectivity index is 1.51. The molecule has 0 saturated heterocycles. The number of nitrogens with zero attached hydrogens (tertiary/aromatic N) is 5. The van der Waals surface area contributed by atoms with Crippen LogP contribution >= 0.6 is 11.8 Å². The molecule has 3 aromatic heterocycles. The van der Waals surface area contributed by atoms with Crippen LogP contribution in [0.5, 0.6) is 0 Å². The lowest BCUT2D eigenvalue weighted by Gasteiger charge is -2.11. The van der Waals surface area contributed by atoms with Crippen LogP contribution in [0.25, 0.3) is 11.4 Å². The second-order valence-electron chi connectivity index (χ2n) is 6.31. The highest BCUT2D eigenvalue weighted by molar-refractivity contribution is 7.99. The minimum absolute atomic E-state index is 0.0933. The first-order valence-corrected chi connectivity index (χ1v) is 10.2. The predicted octanol–water partition coefficient (Wildman–Crippen LogP) is 3.75. The Morgan fingerprint density at radius 2 is 1.86 bits per heavy atom. The van der Waals surface area contributed by atoms with Crippen LogP contribution in [0, 0.1) is 0 Å². The van der Waals surface area contributed by atoms with Crippen molar-refractivity contribution in [3.05, 3.63) is 78.9 Å². The zero-order valence-corrected chi connectivity index (χ0v) is 16.7. The van der Waals surface area contributed by atoms with Crippen molar-refractivity contribution in [1.29, 1.82) is 0 Å². The van der Waals surface area contributed by atoms with Gasteiger partial charge in [-0.2, -0.15) is 0 Å². The molecular formula is C21H20N6OS. The first-order chi connectivity index (χ1) is 14.2. The minimum atomic E-state index is -0.0933. The summed E-state index contributed by atoms with van der Waals surface area (Å²) in [5.41, 5.74) is 2.87. The summed E-state index contributed by atoms with van der Waals surface area (Å²) < 4.78 is 3.75. The lowest BCUT2D eigenvalue weighted by Crippen LogP contribution is -2.15. The van der Waals surface area contributed by atoms with Gasteiger partial charge in [0.05, 0.1) is 5.75 Å². The Kier molecular flexibility index (Phi) is 5.71. The molecule has 4 aromatic rings. The molecule has 4 rings (SSSR count). The number of benzene rings is 1. The van der Waals surface area contributed by atoms with Crippen molar-refractivity contribution in [3.63, 3.8) is 0 Å². The first-order valence-electron chi connectivity index (χ1n) is 9.25. The van der Waals surface area contributed by atoms with Crippen molar-refractivity contribution in [2.75, 3.05) is 11.1 Å². The van der Waals surface area contributed by atoms with Gasteiger partial charge in [-0.3, -0.25) is 14.5 Å². The molecule has 0 aliphatic heterocycles. The fourth-order valence-corrected chi connectivity index (χ4v) is 3.58. The molecule has 1 N–H and O–H groups in total. The molecule has 0 atom stereocenters. The van der Waals surface area contributed by atoms with Gasteiger partial charge in [-0.25, -0.2) is 4.68 Å². The molecule has 0 bridgehead atoms. The van der Waals surface area contributed by atoms with E-state index in [2.05, 4.69) is 27.4 Å². The van der Waals surface area contributed by atoms with Crippen molar-refractivity contribution in [2.24, 2.45) is 0 Å². The molecule has 146 valence electrons. The topological polar surface area (TPSA) is 77.6 Å².